The first-order chi connectivity index (χ1) is 3.66. The lowest BCUT2D eigenvalue weighted by Gasteiger charge is -1.96. The molecular formula is C7H13ClO. The molecule has 0 aromatic carbocycles. The zero-order valence-electron chi connectivity index (χ0n) is 5.89. The fraction of sp³-hybridized carbons (Fsp3) is 0.571. The molecule has 0 amide bonds. The highest BCUT2D eigenvalue weighted by Gasteiger charge is 1.97. The fourth-order valence-corrected chi connectivity index (χ4v) is 0.486. The van der Waals surface area contributed by atoms with Gasteiger partial charge in [0.25, 0.3) is 0 Å². The Morgan fingerprint density at radius 1 is 1.67 bits per heavy atom. The monoisotopic (exact) mass is 148 g/mol. The van der Waals surface area contributed by atoms with Crippen molar-refractivity contribution >= 4 is 18.2 Å². The standard InChI is InChI=1S/C7H12O.ClH/c1-4-7(8)5-6(2)3;/h4,6H,1,5H2,2-3H3;1H. The van der Waals surface area contributed by atoms with Gasteiger partial charge in [-0.15, -0.1) is 12.4 Å². The third-order valence-corrected chi connectivity index (χ3v) is 0.837. The molecule has 0 bridgehead atoms. The summed E-state index contributed by atoms with van der Waals surface area (Å²) in [4.78, 5) is 10.5. The van der Waals surface area contributed by atoms with Gasteiger partial charge in [0.2, 0.25) is 0 Å². The molecule has 2 heteroatoms. The Bertz CT molecular complexity index is 97.1. The van der Waals surface area contributed by atoms with E-state index in [2.05, 4.69) is 6.58 Å². The average Bonchev–Trinajstić information content (AvgIpc) is 1.65. The summed E-state index contributed by atoms with van der Waals surface area (Å²) in [7, 11) is 0. The molecule has 0 fully saturated rings. The zero-order chi connectivity index (χ0) is 6.57. The van der Waals surface area contributed by atoms with E-state index in [0.29, 0.717) is 12.3 Å². The molecule has 54 valence electrons. The van der Waals surface area contributed by atoms with Gasteiger partial charge in [0.05, 0.1) is 0 Å². The maximum Gasteiger partial charge on any atom is 0.155 e. The van der Waals surface area contributed by atoms with Crippen LogP contribution in [0.3, 0.4) is 0 Å². The number of hydrogen-bond donors (Lipinski definition) is 0. The van der Waals surface area contributed by atoms with Gasteiger partial charge in [0.1, 0.15) is 0 Å². The molecule has 0 aliphatic heterocycles. The molecule has 9 heavy (non-hydrogen) atoms. The lowest BCUT2D eigenvalue weighted by Crippen LogP contribution is -1.97. The van der Waals surface area contributed by atoms with Crippen molar-refractivity contribution in [2.45, 2.75) is 20.3 Å². The highest BCUT2D eigenvalue weighted by Crippen LogP contribution is 1.99. The molecule has 0 heterocycles. The minimum atomic E-state index is 0. The van der Waals surface area contributed by atoms with Crippen LogP contribution in [0.4, 0.5) is 0 Å². The summed E-state index contributed by atoms with van der Waals surface area (Å²) in [5.41, 5.74) is 0. The summed E-state index contributed by atoms with van der Waals surface area (Å²) < 4.78 is 0. The Hall–Kier alpha value is -0.300. The van der Waals surface area contributed by atoms with Crippen molar-refractivity contribution in [2.24, 2.45) is 5.92 Å². The van der Waals surface area contributed by atoms with Gasteiger partial charge >= 0.3 is 0 Å². The lowest BCUT2D eigenvalue weighted by atomic mass is 10.1. The Morgan fingerprint density at radius 2 is 2.11 bits per heavy atom. The maximum atomic E-state index is 10.5. The molecule has 0 aromatic heterocycles. The van der Waals surface area contributed by atoms with E-state index >= 15 is 0 Å². The second-order valence-corrected chi connectivity index (χ2v) is 2.27. The van der Waals surface area contributed by atoms with E-state index in [-0.39, 0.29) is 18.2 Å². The van der Waals surface area contributed by atoms with Crippen LogP contribution >= 0.6 is 12.4 Å². The van der Waals surface area contributed by atoms with Crippen molar-refractivity contribution in [2.75, 3.05) is 0 Å². The van der Waals surface area contributed by atoms with Crippen LogP contribution < -0.4 is 0 Å². The smallest absolute Gasteiger partial charge is 0.155 e. The first kappa shape index (κ1) is 11.5. The Morgan fingerprint density at radius 3 is 2.22 bits per heavy atom. The predicted molar refractivity (Wildman–Crippen MR) is 41.9 cm³/mol. The summed E-state index contributed by atoms with van der Waals surface area (Å²) >= 11 is 0. The van der Waals surface area contributed by atoms with E-state index in [9.17, 15) is 4.79 Å². The number of halogens is 1. The van der Waals surface area contributed by atoms with Crippen LogP contribution in [0, 0.1) is 5.92 Å². The molecule has 0 spiro atoms. The molecule has 0 N–H and O–H groups in total. The third-order valence-electron chi connectivity index (χ3n) is 0.837. The second kappa shape index (κ2) is 5.83. The van der Waals surface area contributed by atoms with Gasteiger partial charge in [0, 0.05) is 6.42 Å². The molecular weight excluding hydrogens is 136 g/mol. The lowest BCUT2D eigenvalue weighted by molar-refractivity contribution is -0.115. The van der Waals surface area contributed by atoms with Crippen LogP contribution in [0.1, 0.15) is 20.3 Å². The van der Waals surface area contributed by atoms with Crippen LogP contribution in [0.25, 0.3) is 0 Å². The van der Waals surface area contributed by atoms with Gasteiger partial charge in [-0.2, -0.15) is 0 Å². The summed E-state index contributed by atoms with van der Waals surface area (Å²) in [6, 6.07) is 0. The molecule has 0 aromatic rings. The van der Waals surface area contributed by atoms with Gasteiger partial charge in [-0.25, -0.2) is 0 Å². The Balaban J connectivity index is 0. The molecule has 0 saturated heterocycles. The molecule has 1 nitrogen and oxygen atoms in total. The minimum absolute atomic E-state index is 0. The average molecular weight is 149 g/mol. The van der Waals surface area contributed by atoms with E-state index in [1.807, 2.05) is 13.8 Å². The summed E-state index contributed by atoms with van der Waals surface area (Å²) in [5, 5.41) is 0. The first-order valence-electron chi connectivity index (χ1n) is 2.82. The zero-order valence-corrected chi connectivity index (χ0v) is 6.70. The van der Waals surface area contributed by atoms with E-state index < -0.39 is 0 Å². The van der Waals surface area contributed by atoms with Crippen LogP contribution in [-0.4, -0.2) is 5.78 Å². The molecule has 0 aliphatic carbocycles. The van der Waals surface area contributed by atoms with Gasteiger partial charge in [-0.05, 0) is 12.0 Å². The van der Waals surface area contributed by atoms with Crippen molar-refractivity contribution in [3.05, 3.63) is 12.7 Å². The fourth-order valence-electron chi connectivity index (χ4n) is 0.486. The number of allylic oxidation sites excluding steroid dienone is 1. The number of ketones is 1. The van der Waals surface area contributed by atoms with Gasteiger partial charge in [-0.1, -0.05) is 20.4 Å². The molecule has 0 aliphatic rings. The normalized spacial score (nSPS) is 8.33. The van der Waals surface area contributed by atoms with Gasteiger partial charge in [-0.3, -0.25) is 4.79 Å². The summed E-state index contributed by atoms with van der Waals surface area (Å²) in [5.74, 6) is 0.598. The molecule has 0 rings (SSSR count). The Kier molecular flexibility index (Phi) is 7.44. The van der Waals surface area contributed by atoms with Crippen LogP contribution in [0.15, 0.2) is 12.7 Å². The number of carbonyl (C=O) groups excluding carboxylic acids is 1. The van der Waals surface area contributed by atoms with Crippen LogP contribution in [0.2, 0.25) is 0 Å². The summed E-state index contributed by atoms with van der Waals surface area (Å²) in [6.45, 7) is 7.39. The molecule has 0 radical (unpaired) electrons. The number of carbonyl (C=O) groups is 1. The molecule has 0 unspecified atom stereocenters. The Labute approximate surface area is 62.6 Å². The van der Waals surface area contributed by atoms with Crippen LogP contribution in [0.5, 0.6) is 0 Å². The predicted octanol–water partition coefficient (Wildman–Crippen LogP) is 2.21. The van der Waals surface area contributed by atoms with Crippen molar-refractivity contribution < 1.29 is 4.79 Å². The second-order valence-electron chi connectivity index (χ2n) is 2.27. The van der Waals surface area contributed by atoms with E-state index in [4.69, 9.17) is 0 Å². The largest absolute Gasteiger partial charge is 0.295 e. The van der Waals surface area contributed by atoms with Gasteiger partial charge in [0.15, 0.2) is 5.78 Å². The van der Waals surface area contributed by atoms with Crippen molar-refractivity contribution in [3.63, 3.8) is 0 Å². The summed E-state index contributed by atoms with van der Waals surface area (Å²) in [6.07, 6.45) is 2.00. The van der Waals surface area contributed by atoms with E-state index in [0.717, 1.165) is 0 Å². The first-order valence-corrected chi connectivity index (χ1v) is 2.82. The number of hydrogen-bond acceptors (Lipinski definition) is 1. The minimum Gasteiger partial charge on any atom is -0.295 e. The van der Waals surface area contributed by atoms with Crippen molar-refractivity contribution in [1.82, 2.24) is 0 Å². The van der Waals surface area contributed by atoms with Crippen molar-refractivity contribution in [1.29, 1.82) is 0 Å². The van der Waals surface area contributed by atoms with Crippen LogP contribution in [-0.2, 0) is 4.79 Å². The van der Waals surface area contributed by atoms with Gasteiger partial charge < -0.3 is 0 Å². The number of rotatable bonds is 3. The maximum absolute atomic E-state index is 10.5. The van der Waals surface area contributed by atoms with E-state index in [1.165, 1.54) is 6.08 Å². The van der Waals surface area contributed by atoms with Crippen molar-refractivity contribution in [3.8, 4) is 0 Å². The highest BCUT2D eigenvalue weighted by atomic mass is 35.5. The molecule has 0 atom stereocenters. The highest BCUT2D eigenvalue weighted by molar-refractivity contribution is 5.89. The third kappa shape index (κ3) is 7.70. The molecule has 0 saturated carbocycles. The van der Waals surface area contributed by atoms with E-state index in [1.54, 1.807) is 0 Å². The topological polar surface area (TPSA) is 17.1 Å². The SMILES string of the molecule is C=CC(=O)CC(C)C.Cl. The quantitative estimate of drug-likeness (QED) is 0.561.